The van der Waals surface area contributed by atoms with Gasteiger partial charge in [0.15, 0.2) is 5.96 Å². The van der Waals surface area contributed by atoms with E-state index in [-0.39, 0.29) is 41.3 Å². The van der Waals surface area contributed by atoms with Gasteiger partial charge in [0.1, 0.15) is 5.75 Å². The largest absolute Gasteiger partial charge is 0.497 e. The maximum Gasteiger partial charge on any atom is 0.230 e. The molecule has 0 spiro atoms. The van der Waals surface area contributed by atoms with Crippen LogP contribution in [0.1, 0.15) is 56.6 Å². The summed E-state index contributed by atoms with van der Waals surface area (Å²) in [4.78, 5) is 21.6. The molecule has 1 saturated carbocycles. The second-order valence-electron chi connectivity index (χ2n) is 9.38. The molecule has 1 amide bonds. The molecule has 33 heavy (non-hydrogen) atoms. The number of piperidine rings is 1. The van der Waals surface area contributed by atoms with Crippen molar-refractivity contribution in [2.75, 3.05) is 54.4 Å². The van der Waals surface area contributed by atoms with E-state index in [1.807, 2.05) is 26.2 Å². The van der Waals surface area contributed by atoms with E-state index < -0.39 is 0 Å². The molecule has 1 aliphatic heterocycles. The van der Waals surface area contributed by atoms with E-state index in [2.05, 4.69) is 32.7 Å². The second-order valence-corrected chi connectivity index (χ2v) is 9.38. The van der Waals surface area contributed by atoms with Crippen molar-refractivity contribution >= 4 is 35.8 Å². The van der Waals surface area contributed by atoms with Gasteiger partial charge in [0.25, 0.3) is 0 Å². The van der Waals surface area contributed by atoms with Crippen LogP contribution in [0, 0.1) is 5.41 Å². The van der Waals surface area contributed by atoms with Gasteiger partial charge in [-0.3, -0.25) is 14.7 Å². The Labute approximate surface area is 216 Å². The standard InChI is InChI=1S/C25H41N5O2.HI/c1-26-24(28-19-25(14-6-7-15-25)23(31)29(2)3)27-18-22(30-16-8-5-9-17-30)20-10-12-21(32-4)13-11-20;/h10-13,22H,5-9,14-19H2,1-4H3,(H2,26,27,28);1H. The van der Waals surface area contributed by atoms with Crippen LogP contribution >= 0.6 is 24.0 Å². The smallest absolute Gasteiger partial charge is 0.230 e. The predicted octanol–water partition coefficient (Wildman–Crippen LogP) is 3.65. The number of rotatable bonds is 8. The van der Waals surface area contributed by atoms with Gasteiger partial charge in [0.2, 0.25) is 5.91 Å². The number of likely N-dealkylation sites (tertiary alicyclic amines) is 1. The Kier molecular flexibility index (Phi) is 11.2. The Hall–Kier alpha value is -1.55. The summed E-state index contributed by atoms with van der Waals surface area (Å²) in [5.41, 5.74) is 0.967. The van der Waals surface area contributed by atoms with Gasteiger partial charge in [-0.25, -0.2) is 0 Å². The number of ether oxygens (including phenoxy) is 1. The van der Waals surface area contributed by atoms with Crippen molar-refractivity contribution in [3.63, 3.8) is 0 Å². The summed E-state index contributed by atoms with van der Waals surface area (Å²) in [5.74, 6) is 1.87. The molecule has 8 heteroatoms. The fraction of sp³-hybridized carbons (Fsp3) is 0.680. The molecule has 0 bridgehead atoms. The number of hydrogen-bond donors (Lipinski definition) is 2. The minimum Gasteiger partial charge on any atom is -0.497 e. The third kappa shape index (κ3) is 7.21. The Morgan fingerprint density at radius 2 is 1.73 bits per heavy atom. The fourth-order valence-corrected chi connectivity index (χ4v) is 5.17. The first-order valence-electron chi connectivity index (χ1n) is 12.0. The van der Waals surface area contributed by atoms with Crippen LogP contribution in [0.4, 0.5) is 0 Å². The van der Waals surface area contributed by atoms with Crippen LogP contribution in [0.25, 0.3) is 0 Å². The van der Waals surface area contributed by atoms with Crippen LogP contribution in [-0.2, 0) is 4.79 Å². The SMILES string of the molecule is CN=C(NCC(c1ccc(OC)cc1)N1CCCCC1)NCC1(C(=O)N(C)C)CCCC1.I. The summed E-state index contributed by atoms with van der Waals surface area (Å²) >= 11 is 0. The topological polar surface area (TPSA) is 69.2 Å². The minimum atomic E-state index is -0.316. The number of nitrogens with zero attached hydrogens (tertiary/aromatic N) is 3. The van der Waals surface area contributed by atoms with Gasteiger partial charge in [-0.15, -0.1) is 24.0 Å². The Morgan fingerprint density at radius 1 is 1.09 bits per heavy atom. The van der Waals surface area contributed by atoms with Crippen molar-refractivity contribution in [3.8, 4) is 5.75 Å². The number of halogens is 1. The van der Waals surface area contributed by atoms with Gasteiger partial charge in [-0.05, 0) is 56.5 Å². The lowest BCUT2D eigenvalue weighted by Gasteiger charge is -2.36. The number of amides is 1. The molecule has 3 rings (SSSR count). The van der Waals surface area contributed by atoms with Gasteiger partial charge in [0.05, 0.1) is 18.6 Å². The van der Waals surface area contributed by atoms with Crippen LogP contribution in [0.15, 0.2) is 29.3 Å². The number of carbonyl (C=O) groups excluding carboxylic acids is 1. The van der Waals surface area contributed by atoms with Crippen LogP contribution < -0.4 is 15.4 Å². The first-order chi connectivity index (χ1) is 15.5. The van der Waals surface area contributed by atoms with Crippen molar-refractivity contribution in [2.24, 2.45) is 10.4 Å². The van der Waals surface area contributed by atoms with Gasteiger partial charge in [-0.2, -0.15) is 0 Å². The number of aliphatic imine (C=N–C) groups is 1. The minimum absolute atomic E-state index is 0. The van der Waals surface area contributed by atoms with Crippen molar-refractivity contribution in [2.45, 2.75) is 51.0 Å². The normalized spacial score (nSPS) is 19.3. The van der Waals surface area contributed by atoms with Crippen molar-refractivity contribution in [3.05, 3.63) is 29.8 Å². The molecule has 1 unspecified atom stereocenters. The molecule has 1 heterocycles. The Balaban J connectivity index is 0.00000385. The van der Waals surface area contributed by atoms with Crippen molar-refractivity contribution in [1.82, 2.24) is 20.4 Å². The molecule has 1 aromatic rings. The zero-order valence-electron chi connectivity index (χ0n) is 20.7. The molecular weight excluding hydrogens is 529 g/mol. The summed E-state index contributed by atoms with van der Waals surface area (Å²) in [5, 5.41) is 7.01. The van der Waals surface area contributed by atoms with Crippen molar-refractivity contribution in [1.29, 1.82) is 0 Å². The van der Waals surface area contributed by atoms with Gasteiger partial charge < -0.3 is 20.3 Å². The highest BCUT2D eigenvalue weighted by Gasteiger charge is 2.42. The molecule has 0 radical (unpaired) electrons. The number of nitrogens with one attached hydrogen (secondary N) is 2. The van der Waals surface area contributed by atoms with E-state index >= 15 is 0 Å². The van der Waals surface area contributed by atoms with Crippen LogP contribution in [0.3, 0.4) is 0 Å². The molecule has 1 aliphatic carbocycles. The highest BCUT2D eigenvalue weighted by Crippen LogP contribution is 2.39. The highest BCUT2D eigenvalue weighted by molar-refractivity contribution is 14.0. The number of hydrogen-bond acceptors (Lipinski definition) is 4. The predicted molar refractivity (Wildman–Crippen MR) is 146 cm³/mol. The monoisotopic (exact) mass is 571 g/mol. The van der Waals surface area contributed by atoms with Crippen LogP contribution in [0.5, 0.6) is 5.75 Å². The molecular formula is C25H42IN5O2. The van der Waals surface area contributed by atoms with E-state index in [1.54, 1.807) is 19.1 Å². The first-order valence-corrected chi connectivity index (χ1v) is 12.0. The molecule has 1 atom stereocenters. The third-order valence-electron chi connectivity index (χ3n) is 7.03. The lowest BCUT2D eigenvalue weighted by Crippen LogP contribution is -2.50. The van der Waals surface area contributed by atoms with Crippen molar-refractivity contribution < 1.29 is 9.53 Å². The lowest BCUT2D eigenvalue weighted by molar-refractivity contribution is -0.138. The summed E-state index contributed by atoms with van der Waals surface area (Å²) in [7, 11) is 7.21. The van der Waals surface area contributed by atoms with Crippen LogP contribution in [-0.4, -0.2) is 76.1 Å². The molecule has 1 saturated heterocycles. The summed E-state index contributed by atoms with van der Waals surface area (Å²) in [6, 6.07) is 8.67. The van der Waals surface area contributed by atoms with E-state index in [0.29, 0.717) is 6.54 Å². The molecule has 0 aromatic heterocycles. The fourth-order valence-electron chi connectivity index (χ4n) is 5.17. The van der Waals surface area contributed by atoms with E-state index in [4.69, 9.17) is 4.74 Å². The third-order valence-corrected chi connectivity index (χ3v) is 7.03. The maximum atomic E-state index is 12.9. The quantitative estimate of drug-likeness (QED) is 0.283. The first kappa shape index (κ1) is 27.7. The van der Waals surface area contributed by atoms with Gasteiger partial charge >= 0.3 is 0 Å². The average Bonchev–Trinajstić information content (AvgIpc) is 3.31. The van der Waals surface area contributed by atoms with E-state index in [9.17, 15) is 4.79 Å². The summed E-state index contributed by atoms with van der Waals surface area (Å²) in [6.07, 6.45) is 7.91. The Bertz CT molecular complexity index is 757. The average molecular weight is 572 g/mol. The van der Waals surface area contributed by atoms with Gasteiger partial charge in [0, 0.05) is 34.2 Å². The lowest BCUT2D eigenvalue weighted by atomic mass is 9.84. The maximum absolute atomic E-state index is 12.9. The Morgan fingerprint density at radius 3 is 2.27 bits per heavy atom. The number of guanidine groups is 1. The van der Waals surface area contributed by atoms with E-state index in [0.717, 1.165) is 57.0 Å². The number of carbonyl (C=O) groups is 1. The van der Waals surface area contributed by atoms with Gasteiger partial charge in [-0.1, -0.05) is 31.4 Å². The highest BCUT2D eigenvalue weighted by atomic mass is 127. The molecule has 2 fully saturated rings. The summed E-state index contributed by atoms with van der Waals surface area (Å²) < 4.78 is 5.35. The molecule has 186 valence electrons. The van der Waals surface area contributed by atoms with Crippen LogP contribution in [0.2, 0.25) is 0 Å². The molecule has 7 nitrogen and oxygen atoms in total. The number of methoxy groups -OCH3 is 1. The zero-order chi connectivity index (χ0) is 23.0. The zero-order valence-corrected chi connectivity index (χ0v) is 23.1. The summed E-state index contributed by atoms with van der Waals surface area (Å²) in [6.45, 7) is 3.62. The molecule has 1 aromatic carbocycles. The molecule has 2 N–H and O–H groups in total. The van der Waals surface area contributed by atoms with E-state index in [1.165, 1.54) is 24.8 Å². The number of benzene rings is 1. The second kappa shape index (κ2) is 13.4. The molecule has 2 aliphatic rings.